The molecule has 1 atom stereocenters. The number of hydrogen-bond acceptors (Lipinski definition) is 4. The number of likely N-dealkylation sites (tertiary alicyclic amines) is 1. The summed E-state index contributed by atoms with van der Waals surface area (Å²) in [5, 5.41) is 4.61. The van der Waals surface area contributed by atoms with E-state index < -0.39 is 0 Å². The molecule has 1 aromatic heterocycles. The molecule has 0 spiro atoms. The molecule has 0 saturated carbocycles. The van der Waals surface area contributed by atoms with Crippen molar-refractivity contribution in [2.75, 3.05) is 39.4 Å². The summed E-state index contributed by atoms with van der Waals surface area (Å²) in [5.74, 6) is 0. The van der Waals surface area contributed by atoms with Crippen LogP contribution in [0.2, 0.25) is 0 Å². The van der Waals surface area contributed by atoms with Crippen LogP contribution in [0.3, 0.4) is 0 Å². The summed E-state index contributed by atoms with van der Waals surface area (Å²) in [5.41, 5.74) is 3.72. The van der Waals surface area contributed by atoms with Crippen molar-refractivity contribution in [3.8, 4) is 5.69 Å². The third-order valence-corrected chi connectivity index (χ3v) is 5.92. The average molecular weight is 369 g/mol. The van der Waals surface area contributed by atoms with Gasteiger partial charge < -0.3 is 4.74 Å². The average Bonchev–Trinajstić information content (AvgIpc) is 3.17. The van der Waals surface area contributed by atoms with Gasteiger partial charge in [-0.15, -0.1) is 0 Å². The van der Waals surface area contributed by atoms with Crippen molar-refractivity contribution in [2.45, 2.75) is 45.2 Å². The maximum absolute atomic E-state index is 5.48. The minimum atomic E-state index is 0.698. The maximum Gasteiger partial charge on any atom is 0.0648 e. The molecule has 4 rings (SSSR count). The van der Waals surface area contributed by atoms with Gasteiger partial charge in [-0.3, -0.25) is 9.80 Å². The van der Waals surface area contributed by atoms with E-state index in [1.54, 1.807) is 0 Å². The van der Waals surface area contributed by atoms with Crippen molar-refractivity contribution in [1.82, 2.24) is 19.6 Å². The second-order valence-corrected chi connectivity index (χ2v) is 7.99. The Kier molecular flexibility index (Phi) is 6.22. The summed E-state index contributed by atoms with van der Waals surface area (Å²) in [7, 11) is 0. The Balaban J connectivity index is 1.36. The molecular formula is C22H32N4O. The van der Waals surface area contributed by atoms with Crippen molar-refractivity contribution in [3.63, 3.8) is 0 Å². The molecule has 3 heterocycles. The summed E-state index contributed by atoms with van der Waals surface area (Å²) in [6, 6.07) is 9.22. The van der Waals surface area contributed by atoms with Gasteiger partial charge in [0.2, 0.25) is 0 Å². The topological polar surface area (TPSA) is 33.5 Å². The van der Waals surface area contributed by atoms with Crippen LogP contribution in [0.5, 0.6) is 0 Å². The highest BCUT2D eigenvalue weighted by atomic mass is 16.5. The number of aromatic nitrogens is 2. The Hall–Kier alpha value is -1.69. The Morgan fingerprint density at radius 1 is 1.15 bits per heavy atom. The van der Waals surface area contributed by atoms with Crippen LogP contribution in [0.25, 0.3) is 5.69 Å². The molecule has 0 aliphatic carbocycles. The highest BCUT2D eigenvalue weighted by molar-refractivity contribution is 5.35. The standard InChI is InChI=1S/C22H32N4O/c1-19-5-4-7-22(15-19)26-18-20(16-23-26)17-25-9-3-2-6-21(25)8-10-24-11-13-27-14-12-24/h4-5,7,15-16,18,21H,2-3,6,8-14,17H2,1H3/t21-/m0/s1. The lowest BCUT2D eigenvalue weighted by atomic mass is 9.98. The Morgan fingerprint density at radius 2 is 2.04 bits per heavy atom. The number of morpholine rings is 1. The zero-order valence-corrected chi connectivity index (χ0v) is 16.5. The van der Waals surface area contributed by atoms with Crippen LogP contribution >= 0.6 is 0 Å². The van der Waals surface area contributed by atoms with E-state index in [0.717, 1.165) is 38.5 Å². The molecule has 27 heavy (non-hydrogen) atoms. The van der Waals surface area contributed by atoms with Crippen LogP contribution < -0.4 is 0 Å². The van der Waals surface area contributed by atoms with Crippen LogP contribution in [-0.4, -0.2) is 65.0 Å². The highest BCUT2D eigenvalue weighted by Crippen LogP contribution is 2.23. The van der Waals surface area contributed by atoms with Crippen molar-refractivity contribution in [3.05, 3.63) is 47.8 Å². The lowest BCUT2D eigenvalue weighted by Gasteiger charge is -2.37. The van der Waals surface area contributed by atoms with Gasteiger partial charge in [-0.2, -0.15) is 5.10 Å². The normalized spacial score (nSPS) is 22.2. The molecule has 5 heteroatoms. The monoisotopic (exact) mass is 368 g/mol. The second-order valence-electron chi connectivity index (χ2n) is 7.99. The zero-order chi connectivity index (χ0) is 18.5. The van der Waals surface area contributed by atoms with Crippen LogP contribution in [0.15, 0.2) is 36.7 Å². The zero-order valence-electron chi connectivity index (χ0n) is 16.5. The molecule has 0 radical (unpaired) electrons. The molecule has 2 aliphatic rings. The largest absolute Gasteiger partial charge is 0.379 e. The van der Waals surface area contributed by atoms with E-state index in [9.17, 15) is 0 Å². The van der Waals surface area contributed by atoms with Gasteiger partial charge in [0.25, 0.3) is 0 Å². The number of nitrogens with zero attached hydrogens (tertiary/aromatic N) is 4. The number of hydrogen-bond donors (Lipinski definition) is 0. The van der Waals surface area contributed by atoms with Gasteiger partial charge in [-0.05, 0) is 57.0 Å². The van der Waals surface area contributed by atoms with E-state index in [1.165, 1.54) is 49.9 Å². The van der Waals surface area contributed by atoms with E-state index in [4.69, 9.17) is 4.74 Å². The highest BCUT2D eigenvalue weighted by Gasteiger charge is 2.24. The van der Waals surface area contributed by atoms with Gasteiger partial charge in [0.1, 0.15) is 0 Å². The Bertz CT molecular complexity index is 723. The number of ether oxygens (including phenoxy) is 1. The third-order valence-electron chi connectivity index (χ3n) is 5.92. The van der Waals surface area contributed by atoms with Gasteiger partial charge >= 0.3 is 0 Å². The smallest absolute Gasteiger partial charge is 0.0648 e. The van der Waals surface area contributed by atoms with Crippen molar-refractivity contribution in [1.29, 1.82) is 0 Å². The molecule has 2 aromatic rings. The number of aryl methyl sites for hydroxylation is 1. The first-order valence-corrected chi connectivity index (χ1v) is 10.4. The fourth-order valence-electron chi connectivity index (χ4n) is 4.34. The number of piperidine rings is 1. The summed E-state index contributed by atoms with van der Waals surface area (Å²) in [6.07, 6.45) is 9.52. The molecule has 2 saturated heterocycles. The second kappa shape index (κ2) is 9.00. The Morgan fingerprint density at radius 3 is 2.89 bits per heavy atom. The molecule has 0 unspecified atom stereocenters. The van der Waals surface area contributed by atoms with Crippen molar-refractivity contribution in [2.24, 2.45) is 0 Å². The van der Waals surface area contributed by atoms with Gasteiger partial charge in [-0.25, -0.2) is 4.68 Å². The van der Waals surface area contributed by atoms with E-state index in [1.807, 2.05) is 10.9 Å². The van der Waals surface area contributed by atoms with Gasteiger partial charge in [-0.1, -0.05) is 18.6 Å². The van der Waals surface area contributed by atoms with E-state index in [2.05, 4.69) is 52.3 Å². The molecule has 1 aromatic carbocycles. The third kappa shape index (κ3) is 4.98. The summed E-state index contributed by atoms with van der Waals surface area (Å²) >= 11 is 0. The molecule has 0 N–H and O–H groups in total. The molecule has 2 fully saturated rings. The number of benzene rings is 1. The van der Waals surface area contributed by atoms with Crippen LogP contribution in [0, 0.1) is 6.92 Å². The summed E-state index contributed by atoms with van der Waals surface area (Å²) in [6.45, 7) is 9.53. The fourth-order valence-corrected chi connectivity index (χ4v) is 4.34. The molecule has 2 aliphatic heterocycles. The summed E-state index contributed by atoms with van der Waals surface area (Å²) in [4.78, 5) is 5.24. The lowest BCUT2D eigenvalue weighted by Crippen LogP contribution is -2.43. The molecule has 5 nitrogen and oxygen atoms in total. The fraction of sp³-hybridized carbons (Fsp3) is 0.591. The minimum absolute atomic E-state index is 0.698. The number of rotatable bonds is 6. The Labute approximate surface area is 162 Å². The molecular weight excluding hydrogens is 336 g/mol. The summed E-state index contributed by atoms with van der Waals surface area (Å²) < 4.78 is 7.49. The van der Waals surface area contributed by atoms with Crippen LogP contribution in [0.1, 0.15) is 36.8 Å². The maximum atomic E-state index is 5.48. The van der Waals surface area contributed by atoms with Gasteiger partial charge in [0.15, 0.2) is 0 Å². The first kappa shape index (κ1) is 18.7. The predicted molar refractivity (Wildman–Crippen MR) is 108 cm³/mol. The minimum Gasteiger partial charge on any atom is -0.379 e. The first-order chi connectivity index (χ1) is 13.3. The van der Waals surface area contributed by atoms with Crippen LogP contribution in [0.4, 0.5) is 0 Å². The van der Waals surface area contributed by atoms with E-state index in [-0.39, 0.29) is 0 Å². The van der Waals surface area contributed by atoms with Crippen LogP contribution in [-0.2, 0) is 11.3 Å². The first-order valence-electron chi connectivity index (χ1n) is 10.4. The predicted octanol–water partition coefficient (Wildman–Crippen LogP) is 3.26. The lowest BCUT2D eigenvalue weighted by molar-refractivity contribution is 0.0302. The van der Waals surface area contributed by atoms with Crippen molar-refractivity contribution < 1.29 is 4.74 Å². The molecule has 0 bridgehead atoms. The van der Waals surface area contributed by atoms with E-state index in [0.29, 0.717) is 6.04 Å². The molecule has 146 valence electrons. The van der Waals surface area contributed by atoms with Gasteiger partial charge in [0.05, 0.1) is 25.1 Å². The van der Waals surface area contributed by atoms with Gasteiger partial charge in [0, 0.05) is 37.4 Å². The van der Waals surface area contributed by atoms with E-state index >= 15 is 0 Å². The molecule has 0 amide bonds. The quantitative estimate of drug-likeness (QED) is 0.784. The SMILES string of the molecule is Cc1cccc(-n2cc(CN3CCCC[C@H]3CCN3CCOCC3)cn2)c1. The van der Waals surface area contributed by atoms with Crippen molar-refractivity contribution >= 4 is 0 Å².